The van der Waals surface area contributed by atoms with E-state index in [0.717, 1.165) is 32.4 Å². The predicted octanol–water partition coefficient (Wildman–Crippen LogP) is 2.09. The van der Waals surface area contributed by atoms with Crippen LogP contribution in [0.5, 0.6) is 0 Å². The monoisotopic (exact) mass is 296 g/mol. The third kappa shape index (κ3) is 2.12. The van der Waals surface area contributed by atoms with Gasteiger partial charge in [0.15, 0.2) is 0 Å². The zero-order valence-corrected chi connectivity index (χ0v) is 12.8. The average molecular weight is 296 g/mol. The van der Waals surface area contributed by atoms with Crippen molar-refractivity contribution in [3.63, 3.8) is 0 Å². The Bertz CT molecular complexity index is 690. The summed E-state index contributed by atoms with van der Waals surface area (Å²) in [5.74, 6) is 0.292. The second-order valence-corrected chi connectivity index (χ2v) is 6.52. The maximum absolute atomic E-state index is 13.0. The van der Waals surface area contributed by atoms with Crippen molar-refractivity contribution in [1.29, 1.82) is 0 Å². The summed E-state index contributed by atoms with van der Waals surface area (Å²) >= 11 is 0. The van der Waals surface area contributed by atoms with E-state index in [1.165, 1.54) is 11.1 Å². The first kappa shape index (κ1) is 13.5. The van der Waals surface area contributed by atoms with Crippen LogP contribution >= 0.6 is 0 Å². The highest BCUT2D eigenvalue weighted by Gasteiger charge is 2.53. The van der Waals surface area contributed by atoms with E-state index in [4.69, 9.17) is 0 Å². The lowest BCUT2D eigenvalue weighted by Crippen LogP contribution is -2.38. The van der Waals surface area contributed by atoms with Gasteiger partial charge in [-0.3, -0.25) is 4.79 Å². The first-order chi connectivity index (χ1) is 10.7. The number of aromatic nitrogens is 3. The van der Waals surface area contributed by atoms with Gasteiger partial charge in [0.2, 0.25) is 5.91 Å². The molecule has 1 amide bonds. The van der Waals surface area contributed by atoms with Gasteiger partial charge in [-0.25, -0.2) is 9.67 Å². The Balaban J connectivity index is 1.53. The maximum Gasteiger partial charge on any atom is 0.233 e. The van der Waals surface area contributed by atoms with Crippen molar-refractivity contribution in [1.82, 2.24) is 19.7 Å². The molecule has 2 heterocycles. The first-order valence-corrected chi connectivity index (χ1v) is 7.90. The van der Waals surface area contributed by atoms with E-state index in [1.54, 1.807) is 12.7 Å². The molecule has 1 atom stereocenters. The molecule has 1 aliphatic carbocycles. The number of rotatable bonds is 3. The molecule has 2 aliphatic rings. The molecule has 1 saturated heterocycles. The molecular formula is C17H20N4O. The topological polar surface area (TPSA) is 51.0 Å². The molecule has 1 saturated carbocycles. The van der Waals surface area contributed by atoms with Gasteiger partial charge in [-0.15, -0.1) is 0 Å². The number of hydrogen-bond donors (Lipinski definition) is 0. The van der Waals surface area contributed by atoms with Crippen molar-refractivity contribution < 1.29 is 4.79 Å². The molecule has 1 aromatic carbocycles. The number of carbonyl (C=O) groups excluding carboxylic acids is 1. The number of nitrogens with zero attached hydrogens (tertiary/aromatic N) is 4. The summed E-state index contributed by atoms with van der Waals surface area (Å²) in [5, 5.41) is 4.21. The van der Waals surface area contributed by atoms with Crippen LogP contribution in [0.2, 0.25) is 0 Å². The van der Waals surface area contributed by atoms with E-state index in [0.29, 0.717) is 5.91 Å². The van der Waals surface area contributed by atoms with Crippen LogP contribution in [0.1, 0.15) is 36.4 Å². The van der Waals surface area contributed by atoms with Crippen molar-refractivity contribution in [2.24, 2.45) is 0 Å². The molecule has 0 spiro atoms. The Hall–Kier alpha value is -2.17. The summed E-state index contributed by atoms with van der Waals surface area (Å²) in [5.41, 5.74) is 2.14. The Labute approximate surface area is 130 Å². The molecule has 22 heavy (non-hydrogen) atoms. The minimum atomic E-state index is -0.261. The molecule has 0 radical (unpaired) electrons. The number of aryl methyl sites for hydroxylation is 1. The molecule has 5 heteroatoms. The standard InChI is InChI=1S/C17H20N4O/c1-13-3-2-4-14(9-13)17(6-7-17)16(22)20-8-5-15(10-20)21-12-18-11-19-21/h2-4,9,11-12,15H,5-8,10H2,1H3. The minimum Gasteiger partial charge on any atom is -0.340 e. The smallest absolute Gasteiger partial charge is 0.233 e. The number of carbonyl (C=O) groups is 1. The van der Waals surface area contributed by atoms with Gasteiger partial charge in [-0.1, -0.05) is 29.8 Å². The number of hydrogen-bond acceptors (Lipinski definition) is 3. The minimum absolute atomic E-state index is 0.261. The molecule has 1 aliphatic heterocycles. The molecule has 114 valence electrons. The van der Waals surface area contributed by atoms with Gasteiger partial charge >= 0.3 is 0 Å². The second-order valence-electron chi connectivity index (χ2n) is 6.52. The lowest BCUT2D eigenvalue weighted by Gasteiger charge is -2.24. The third-order valence-corrected chi connectivity index (χ3v) is 4.99. The fourth-order valence-electron chi connectivity index (χ4n) is 3.54. The van der Waals surface area contributed by atoms with E-state index < -0.39 is 0 Å². The molecule has 0 bridgehead atoms. The van der Waals surface area contributed by atoms with Crippen LogP contribution < -0.4 is 0 Å². The Morgan fingerprint density at radius 3 is 2.91 bits per heavy atom. The van der Waals surface area contributed by atoms with Gasteiger partial charge < -0.3 is 4.90 Å². The van der Waals surface area contributed by atoms with Crippen LogP contribution in [0.4, 0.5) is 0 Å². The fraction of sp³-hybridized carbons (Fsp3) is 0.471. The summed E-state index contributed by atoms with van der Waals surface area (Å²) in [6, 6.07) is 8.67. The van der Waals surface area contributed by atoms with Gasteiger partial charge in [0, 0.05) is 13.1 Å². The zero-order chi connectivity index (χ0) is 15.2. The average Bonchev–Trinajstić information content (AvgIpc) is 2.95. The zero-order valence-electron chi connectivity index (χ0n) is 12.8. The van der Waals surface area contributed by atoms with Gasteiger partial charge in [0.05, 0.1) is 11.5 Å². The van der Waals surface area contributed by atoms with Crippen LogP contribution in [0, 0.1) is 6.92 Å². The molecule has 5 nitrogen and oxygen atoms in total. The van der Waals surface area contributed by atoms with E-state index in [9.17, 15) is 4.79 Å². The quantitative estimate of drug-likeness (QED) is 0.871. The highest BCUT2D eigenvalue weighted by Crippen LogP contribution is 2.50. The van der Waals surface area contributed by atoms with Crippen molar-refractivity contribution in [3.05, 3.63) is 48.0 Å². The van der Waals surface area contributed by atoms with Crippen molar-refractivity contribution in [3.8, 4) is 0 Å². The van der Waals surface area contributed by atoms with Crippen LogP contribution in [0.3, 0.4) is 0 Å². The molecule has 2 fully saturated rings. The summed E-state index contributed by atoms with van der Waals surface area (Å²) < 4.78 is 1.87. The molecule has 2 aromatic rings. The van der Waals surface area contributed by atoms with Crippen molar-refractivity contribution in [2.45, 2.75) is 37.6 Å². The van der Waals surface area contributed by atoms with Gasteiger partial charge in [-0.2, -0.15) is 5.10 Å². The van der Waals surface area contributed by atoms with E-state index in [-0.39, 0.29) is 11.5 Å². The lowest BCUT2D eigenvalue weighted by atomic mass is 9.93. The maximum atomic E-state index is 13.0. The lowest BCUT2D eigenvalue weighted by molar-refractivity contribution is -0.133. The third-order valence-electron chi connectivity index (χ3n) is 4.99. The number of likely N-dealkylation sites (tertiary alicyclic amines) is 1. The summed E-state index contributed by atoms with van der Waals surface area (Å²) in [4.78, 5) is 19.1. The van der Waals surface area contributed by atoms with Crippen LogP contribution in [-0.2, 0) is 10.2 Å². The first-order valence-electron chi connectivity index (χ1n) is 7.90. The van der Waals surface area contributed by atoms with Crippen molar-refractivity contribution >= 4 is 5.91 Å². The Morgan fingerprint density at radius 1 is 1.36 bits per heavy atom. The Morgan fingerprint density at radius 2 is 2.23 bits per heavy atom. The van der Waals surface area contributed by atoms with Gasteiger partial charge in [-0.05, 0) is 31.7 Å². The predicted molar refractivity (Wildman–Crippen MR) is 82.3 cm³/mol. The van der Waals surface area contributed by atoms with E-state index >= 15 is 0 Å². The van der Waals surface area contributed by atoms with Gasteiger partial charge in [0.1, 0.15) is 12.7 Å². The van der Waals surface area contributed by atoms with Crippen LogP contribution in [0.15, 0.2) is 36.9 Å². The molecule has 1 aromatic heterocycles. The van der Waals surface area contributed by atoms with E-state index in [2.05, 4.69) is 41.3 Å². The SMILES string of the molecule is Cc1cccc(C2(C(=O)N3CCC(n4cncn4)C3)CC2)c1. The molecule has 0 N–H and O–H groups in total. The molecule has 4 rings (SSSR count). The highest BCUT2D eigenvalue weighted by atomic mass is 16.2. The Kier molecular flexibility index (Phi) is 3.03. The number of benzene rings is 1. The van der Waals surface area contributed by atoms with Crippen molar-refractivity contribution in [2.75, 3.05) is 13.1 Å². The van der Waals surface area contributed by atoms with Crippen LogP contribution in [-0.4, -0.2) is 38.7 Å². The summed E-state index contributed by atoms with van der Waals surface area (Å²) in [6.45, 7) is 3.65. The van der Waals surface area contributed by atoms with E-state index in [1.807, 2.05) is 9.58 Å². The van der Waals surface area contributed by atoms with Crippen LogP contribution in [0.25, 0.3) is 0 Å². The highest BCUT2D eigenvalue weighted by molar-refractivity contribution is 5.91. The fourth-order valence-corrected chi connectivity index (χ4v) is 3.54. The summed E-state index contributed by atoms with van der Waals surface area (Å²) in [7, 11) is 0. The normalized spacial score (nSPS) is 22.8. The summed E-state index contributed by atoms with van der Waals surface area (Å²) in [6.07, 6.45) is 6.20. The largest absolute Gasteiger partial charge is 0.340 e. The molecule has 1 unspecified atom stereocenters. The van der Waals surface area contributed by atoms with Gasteiger partial charge in [0.25, 0.3) is 0 Å². The molecular weight excluding hydrogens is 276 g/mol. The number of amides is 1. The second kappa shape index (κ2) is 4.93.